The Morgan fingerprint density at radius 2 is 2.08 bits per heavy atom. The highest BCUT2D eigenvalue weighted by molar-refractivity contribution is 5.99. The lowest BCUT2D eigenvalue weighted by Crippen LogP contribution is -2.33. The van der Waals surface area contributed by atoms with E-state index in [4.69, 9.17) is 4.74 Å². The number of nitrogens with one attached hydrogen (secondary N) is 1. The summed E-state index contributed by atoms with van der Waals surface area (Å²) >= 11 is 0. The fourth-order valence-corrected chi connectivity index (χ4v) is 2.80. The van der Waals surface area contributed by atoms with Crippen molar-refractivity contribution < 1.29 is 9.53 Å². The summed E-state index contributed by atoms with van der Waals surface area (Å²) in [5.41, 5.74) is 1.65. The SMILES string of the molecule is CCOc1ccccc1CN(C(=O)c1cccnc1NC)C1CC1. The number of benzene rings is 1. The predicted molar refractivity (Wildman–Crippen MR) is 94.3 cm³/mol. The number of carbonyl (C=O) groups excluding carboxylic acids is 1. The highest BCUT2D eigenvalue weighted by Crippen LogP contribution is 2.32. The minimum Gasteiger partial charge on any atom is -0.494 e. The molecule has 1 aliphatic carbocycles. The lowest BCUT2D eigenvalue weighted by atomic mass is 10.1. The zero-order chi connectivity index (χ0) is 16.9. The Morgan fingerprint density at radius 1 is 1.29 bits per heavy atom. The van der Waals surface area contributed by atoms with E-state index in [1.165, 1.54) is 0 Å². The molecular weight excluding hydrogens is 302 g/mol. The van der Waals surface area contributed by atoms with Gasteiger partial charge in [-0.05, 0) is 38.0 Å². The van der Waals surface area contributed by atoms with Crippen molar-refractivity contribution in [3.05, 3.63) is 53.7 Å². The number of pyridine rings is 1. The highest BCUT2D eigenvalue weighted by atomic mass is 16.5. The van der Waals surface area contributed by atoms with Gasteiger partial charge in [0.1, 0.15) is 11.6 Å². The van der Waals surface area contributed by atoms with Crippen LogP contribution < -0.4 is 10.1 Å². The first-order valence-corrected chi connectivity index (χ1v) is 8.39. The molecule has 2 aromatic rings. The maximum atomic E-state index is 13.1. The number of rotatable bonds is 7. The minimum absolute atomic E-state index is 0.0150. The fourth-order valence-electron chi connectivity index (χ4n) is 2.80. The Morgan fingerprint density at radius 3 is 2.79 bits per heavy atom. The van der Waals surface area contributed by atoms with Gasteiger partial charge in [-0.1, -0.05) is 18.2 Å². The monoisotopic (exact) mass is 325 g/mol. The Hall–Kier alpha value is -2.56. The van der Waals surface area contributed by atoms with E-state index in [9.17, 15) is 4.79 Å². The zero-order valence-electron chi connectivity index (χ0n) is 14.2. The molecule has 3 rings (SSSR count). The molecule has 1 N–H and O–H groups in total. The molecule has 1 saturated carbocycles. The van der Waals surface area contributed by atoms with Crippen LogP contribution in [0.4, 0.5) is 5.82 Å². The van der Waals surface area contributed by atoms with Crippen LogP contribution in [0.5, 0.6) is 5.75 Å². The Kier molecular flexibility index (Phi) is 4.99. The van der Waals surface area contributed by atoms with Crippen molar-refractivity contribution in [2.45, 2.75) is 32.4 Å². The van der Waals surface area contributed by atoms with Crippen LogP contribution in [0.3, 0.4) is 0 Å². The average molecular weight is 325 g/mol. The molecule has 1 heterocycles. The number of amides is 1. The number of para-hydroxylation sites is 1. The number of anilines is 1. The van der Waals surface area contributed by atoms with E-state index in [1.54, 1.807) is 19.3 Å². The molecule has 1 fully saturated rings. The second-order valence-corrected chi connectivity index (χ2v) is 5.85. The first-order valence-electron chi connectivity index (χ1n) is 8.39. The van der Waals surface area contributed by atoms with E-state index in [2.05, 4.69) is 10.3 Å². The van der Waals surface area contributed by atoms with Crippen LogP contribution in [0, 0.1) is 0 Å². The zero-order valence-corrected chi connectivity index (χ0v) is 14.2. The van der Waals surface area contributed by atoms with Crippen molar-refractivity contribution in [2.75, 3.05) is 19.0 Å². The number of nitrogens with zero attached hydrogens (tertiary/aromatic N) is 2. The maximum Gasteiger partial charge on any atom is 0.258 e. The van der Waals surface area contributed by atoms with Crippen molar-refractivity contribution in [3.63, 3.8) is 0 Å². The predicted octanol–water partition coefficient (Wildman–Crippen LogP) is 3.33. The summed E-state index contributed by atoms with van der Waals surface area (Å²) in [6, 6.07) is 11.8. The topological polar surface area (TPSA) is 54.5 Å². The van der Waals surface area contributed by atoms with Gasteiger partial charge >= 0.3 is 0 Å². The summed E-state index contributed by atoms with van der Waals surface area (Å²) in [4.78, 5) is 19.3. The van der Waals surface area contributed by atoms with Crippen molar-refractivity contribution in [3.8, 4) is 5.75 Å². The highest BCUT2D eigenvalue weighted by Gasteiger charge is 2.34. The summed E-state index contributed by atoms with van der Waals surface area (Å²) in [7, 11) is 1.78. The summed E-state index contributed by atoms with van der Waals surface area (Å²) in [5.74, 6) is 1.48. The largest absolute Gasteiger partial charge is 0.494 e. The Balaban J connectivity index is 1.87. The standard InChI is InChI=1S/C19H23N3O2/c1-3-24-17-9-5-4-7-14(17)13-22(15-10-11-15)19(23)16-8-6-12-21-18(16)20-2/h4-9,12,15H,3,10-11,13H2,1-2H3,(H,20,21). The number of hydrogen-bond donors (Lipinski definition) is 1. The van der Waals surface area contributed by atoms with E-state index >= 15 is 0 Å². The quantitative estimate of drug-likeness (QED) is 0.848. The molecule has 0 radical (unpaired) electrons. The lowest BCUT2D eigenvalue weighted by molar-refractivity contribution is 0.0729. The molecule has 1 aromatic carbocycles. The molecule has 0 atom stereocenters. The van der Waals surface area contributed by atoms with Gasteiger partial charge in [-0.25, -0.2) is 4.98 Å². The van der Waals surface area contributed by atoms with Crippen molar-refractivity contribution >= 4 is 11.7 Å². The number of carbonyl (C=O) groups is 1. The first-order chi connectivity index (χ1) is 11.7. The van der Waals surface area contributed by atoms with E-state index in [1.807, 2.05) is 42.2 Å². The maximum absolute atomic E-state index is 13.1. The van der Waals surface area contributed by atoms with Gasteiger partial charge < -0.3 is 15.0 Å². The van der Waals surface area contributed by atoms with Gasteiger partial charge in [-0.3, -0.25) is 4.79 Å². The van der Waals surface area contributed by atoms with Gasteiger partial charge in [0.25, 0.3) is 5.91 Å². The smallest absolute Gasteiger partial charge is 0.258 e. The van der Waals surface area contributed by atoms with Crippen LogP contribution in [-0.4, -0.2) is 35.5 Å². The summed E-state index contributed by atoms with van der Waals surface area (Å²) < 4.78 is 5.71. The normalized spacial score (nSPS) is 13.4. The molecule has 1 amide bonds. The summed E-state index contributed by atoms with van der Waals surface area (Å²) in [6.45, 7) is 3.13. The Bertz CT molecular complexity index is 713. The van der Waals surface area contributed by atoms with Crippen LogP contribution in [0.1, 0.15) is 35.7 Å². The molecule has 5 heteroatoms. The second kappa shape index (κ2) is 7.34. The number of aromatic nitrogens is 1. The molecule has 0 unspecified atom stereocenters. The van der Waals surface area contributed by atoms with E-state index in [-0.39, 0.29) is 5.91 Å². The molecule has 0 bridgehead atoms. The third kappa shape index (κ3) is 3.50. The molecule has 0 saturated heterocycles. The van der Waals surface area contributed by atoms with E-state index in [0.29, 0.717) is 30.6 Å². The van der Waals surface area contributed by atoms with Crippen LogP contribution in [-0.2, 0) is 6.54 Å². The van der Waals surface area contributed by atoms with Gasteiger partial charge in [0.05, 0.1) is 12.2 Å². The molecule has 24 heavy (non-hydrogen) atoms. The van der Waals surface area contributed by atoms with E-state index < -0.39 is 0 Å². The average Bonchev–Trinajstić information content (AvgIpc) is 3.45. The third-order valence-electron chi connectivity index (χ3n) is 4.14. The molecule has 1 aromatic heterocycles. The van der Waals surface area contributed by atoms with Gasteiger partial charge in [0.2, 0.25) is 0 Å². The van der Waals surface area contributed by atoms with Gasteiger partial charge in [-0.15, -0.1) is 0 Å². The molecule has 1 aliphatic rings. The van der Waals surface area contributed by atoms with Gasteiger partial charge in [0.15, 0.2) is 0 Å². The molecule has 5 nitrogen and oxygen atoms in total. The number of ether oxygens (including phenoxy) is 1. The Labute approximate surface area is 142 Å². The van der Waals surface area contributed by atoms with Gasteiger partial charge in [0, 0.05) is 31.4 Å². The van der Waals surface area contributed by atoms with Crippen LogP contribution in [0.2, 0.25) is 0 Å². The van der Waals surface area contributed by atoms with Crippen molar-refractivity contribution in [2.24, 2.45) is 0 Å². The fraction of sp³-hybridized carbons (Fsp3) is 0.368. The minimum atomic E-state index is 0.0150. The van der Waals surface area contributed by atoms with Crippen LogP contribution in [0.15, 0.2) is 42.6 Å². The van der Waals surface area contributed by atoms with Crippen LogP contribution in [0.25, 0.3) is 0 Å². The first kappa shape index (κ1) is 16.3. The third-order valence-corrected chi connectivity index (χ3v) is 4.14. The summed E-state index contributed by atoms with van der Waals surface area (Å²) in [5, 5.41) is 3.00. The van der Waals surface area contributed by atoms with Crippen molar-refractivity contribution in [1.82, 2.24) is 9.88 Å². The second-order valence-electron chi connectivity index (χ2n) is 5.85. The molecule has 0 spiro atoms. The number of hydrogen-bond acceptors (Lipinski definition) is 4. The molecule has 0 aliphatic heterocycles. The van der Waals surface area contributed by atoms with Crippen LogP contribution >= 0.6 is 0 Å². The van der Waals surface area contributed by atoms with Crippen molar-refractivity contribution in [1.29, 1.82) is 0 Å². The molecular formula is C19H23N3O2. The molecule has 126 valence electrons. The van der Waals surface area contributed by atoms with E-state index in [0.717, 1.165) is 24.2 Å². The van der Waals surface area contributed by atoms with Gasteiger partial charge in [-0.2, -0.15) is 0 Å². The lowest BCUT2D eigenvalue weighted by Gasteiger charge is -2.24. The summed E-state index contributed by atoms with van der Waals surface area (Å²) in [6.07, 6.45) is 3.80.